The van der Waals surface area contributed by atoms with Gasteiger partial charge in [0.15, 0.2) is 0 Å². The zero-order valence-electron chi connectivity index (χ0n) is 12.4. The molecule has 1 aromatic carbocycles. The van der Waals surface area contributed by atoms with Crippen LogP contribution in [-0.2, 0) is 16.2 Å². The predicted molar refractivity (Wildman–Crippen MR) is 87.1 cm³/mol. The highest BCUT2D eigenvalue weighted by atomic mass is 35.5. The van der Waals surface area contributed by atoms with E-state index in [4.69, 9.17) is 11.6 Å². The van der Waals surface area contributed by atoms with E-state index < -0.39 is 21.8 Å². The molecule has 2 rings (SSSR count). The number of nitrogens with zero attached hydrogens (tertiary/aromatic N) is 1. The number of benzene rings is 1. The minimum Gasteiger partial charge on any atom is -0.339 e. The van der Waals surface area contributed by atoms with Crippen LogP contribution in [0.1, 0.15) is 12.5 Å². The minimum atomic E-state index is -4.49. The van der Waals surface area contributed by atoms with Gasteiger partial charge in [-0.2, -0.15) is 13.2 Å². The van der Waals surface area contributed by atoms with Crippen LogP contribution in [0.5, 0.6) is 0 Å². The van der Waals surface area contributed by atoms with Crippen molar-refractivity contribution in [2.45, 2.75) is 13.1 Å². The van der Waals surface area contributed by atoms with Gasteiger partial charge in [-0.05, 0) is 37.3 Å². The Morgan fingerprint density at radius 1 is 1.21 bits per heavy atom. The monoisotopic (exact) mass is 379 g/mol. The van der Waals surface area contributed by atoms with E-state index in [0.29, 0.717) is 0 Å². The van der Waals surface area contributed by atoms with Crippen molar-refractivity contribution < 1.29 is 21.6 Å². The summed E-state index contributed by atoms with van der Waals surface area (Å²) >= 11 is 5.88. The Morgan fingerprint density at radius 3 is 2.46 bits per heavy atom. The number of halogens is 4. The van der Waals surface area contributed by atoms with Gasteiger partial charge in [0.05, 0.1) is 33.9 Å². The molecular formula is C14H13ClF3N3O2S. The summed E-state index contributed by atoms with van der Waals surface area (Å²) in [6.07, 6.45) is -3.24. The molecule has 0 aliphatic carbocycles. The molecular weight excluding hydrogens is 367 g/mol. The molecule has 10 heteroatoms. The first-order valence-corrected chi connectivity index (χ1v) is 8.74. The smallest absolute Gasteiger partial charge is 0.339 e. The molecule has 0 radical (unpaired) electrons. The summed E-state index contributed by atoms with van der Waals surface area (Å²) in [6, 6.07) is 5.74. The number of anilines is 3. The molecule has 0 amide bonds. The lowest BCUT2D eigenvalue weighted by Crippen LogP contribution is -2.14. The van der Waals surface area contributed by atoms with Gasteiger partial charge in [0, 0.05) is 0 Å². The lowest BCUT2D eigenvalue weighted by atomic mass is 10.2. The first-order chi connectivity index (χ1) is 11.1. The van der Waals surface area contributed by atoms with Crippen LogP contribution in [0.4, 0.5) is 30.4 Å². The maximum Gasteiger partial charge on any atom is 0.416 e. The van der Waals surface area contributed by atoms with Crippen LogP contribution < -0.4 is 10.0 Å². The normalized spacial score (nSPS) is 12.0. The average Bonchev–Trinajstić information content (AvgIpc) is 2.50. The highest BCUT2D eigenvalue weighted by Crippen LogP contribution is 2.34. The second kappa shape index (κ2) is 6.86. The van der Waals surface area contributed by atoms with Gasteiger partial charge in [-0.1, -0.05) is 11.6 Å². The average molecular weight is 380 g/mol. The first-order valence-electron chi connectivity index (χ1n) is 6.71. The van der Waals surface area contributed by atoms with E-state index in [1.165, 1.54) is 25.3 Å². The van der Waals surface area contributed by atoms with Gasteiger partial charge in [-0.25, -0.2) is 13.4 Å². The Balaban J connectivity index is 2.20. The number of hydrogen-bond donors (Lipinski definition) is 2. The van der Waals surface area contributed by atoms with E-state index >= 15 is 0 Å². The zero-order chi connectivity index (χ0) is 18.0. The fourth-order valence-electron chi connectivity index (χ4n) is 1.72. The summed E-state index contributed by atoms with van der Waals surface area (Å²) in [6.45, 7) is 1.49. The first kappa shape index (κ1) is 18.3. The van der Waals surface area contributed by atoms with Crippen LogP contribution in [-0.4, -0.2) is 19.2 Å². The highest BCUT2D eigenvalue weighted by Gasteiger charge is 2.31. The molecule has 0 fully saturated rings. The topological polar surface area (TPSA) is 71.1 Å². The van der Waals surface area contributed by atoms with Crippen molar-refractivity contribution in [2.75, 3.05) is 15.8 Å². The molecule has 0 bridgehead atoms. The Morgan fingerprint density at radius 2 is 1.92 bits per heavy atom. The number of aromatic nitrogens is 1. The maximum atomic E-state index is 12.7. The van der Waals surface area contributed by atoms with Crippen LogP contribution in [0.2, 0.25) is 5.02 Å². The molecule has 24 heavy (non-hydrogen) atoms. The maximum absolute atomic E-state index is 12.7. The predicted octanol–water partition coefficient (Wildman–Crippen LogP) is 4.26. The van der Waals surface area contributed by atoms with Crippen LogP contribution >= 0.6 is 11.6 Å². The van der Waals surface area contributed by atoms with E-state index in [0.717, 1.165) is 18.2 Å². The summed E-state index contributed by atoms with van der Waals surface area (Å²) in [4.78, 5) is 3.95. The van der Waals surface area contributed by atoms with Gasteiger partial charge >= 0.3 is 6.18 Å². The molecule has 0 atom stereocenters. The van der Waals surface area contributed by atoms with Crippen molar-refractivity contribution in [1.82, 2.24) is 4.98 Å². The molecule has 1 aromatic heterocycles. The second-order valence-electron chi connectivity index (χ2n) is 4.75. The van der Waals surface area contributed by atoms with Crippen molar-refractivity contribution in [2.24, 2.45) is 0 Å². The molecule has 2 aromatic rings. The Labute approximate surface area is 141 Å². The van der Waals surface area contributed by atoms with Gasteiger partial charge in [0.1, 0.15) is 5.82 Å². The van der Waals surface area contributed by atoms with Crippen molar-refractivity contribution in [1.29, 1.82) is 0 Å². The molecule has 0 aliphatic rings. The molecule has 1 heterocycles. The zero-order valence-corrected chi connectivity index (χ0v) is 13.9. The Kier molecular flexibility index (Phi) is 5.24. The highest BCUT2D eigenvalue weighted by molar-refractivity contribution is 7.92. The summed E-state index contributed by atoms with van der Waals surface area (Å²) in [7, 11) is -3.43. The number of sulfonamides is 1. The second-order valence-corrected chi connectivity index (χ2v) is 7.17. The van der Waals surface area contributed by atoms with E-state index in [9.17, 15) is 21.6 Å². The largest absolute Gasteiger partial charge is 0.416 e. The van der Waals surface area contributed by atoms with E-state index in [2.05, 4.69) is 15.0 Å². The molecule has 0 saturated heterocycles. The van der Waals surface area contributed by atoms with Crippen LogP contribution in [0.25, 0.3) is 0 Å². The van der Waals surface area contributed by atoms with Gasteiger partial charge in [0.2, 0.25) is 10.0 Å². The Hall–Kier alpha value is -2.00. The lowest BCUT2D eigenvalue weighted by Gasteiger charge is -2.12. The molecule has 5 nitrogen and oxygen atoms in total. The van der Waals surface area contributed by atoms with Gasteiger partial charge in [-0.3, -0.25) is 4.72 Å². The molecule has 0 spiro atoms. The fourth-order valence-corrected chi connectivity index (χ4v) is 2.50. The molecule has 0 saturated carbocycles. The number of pyridine rings is 1. The number of rotatable bonds is 5. The van der Waals surface area contributed by atoms with Crippen LogP contribution in [0, 0.1) is 0 Å². The van der Waals surface area contributed by atoms with Crippen molar-refractivity contribution in [3.8, 4) is 0 Å². The third-order valence-corrected chi connectivity index (χ3v) is 4.61. The number of nitrogens with one attached hydrogen (secondary N) is 2. The summed E-state index contributed by atoms with van der Waals surface area (Å²) in [5, 5.41) is 2.77. The third kappa shape index (κ3) is 4.75. The minimum absolute atomic E-state index is 0.0425. The third-order valence-electron chi connectivity index (χ3n) is 2.97. The molecule has 0 unspecified atom stereocenters. The van der Waals surface area contributed by atoms with Gasteiger partial charge in [-0.15, -0.1) is 0 Å². The van der Waals surface area contributed by atoms with E-state index in [1.807, 2.05) is 0 Å². The van der Waals surface area contributed by atoms with Crippen molar-refractivity contribution >= 4 is 38.8 Å². The lowest BCUT2D eigenvalue weighted by molar-refractivity contribution is -0.137. The van der Waals surface area contributed by atoms with Crippen molar-refractivity contribution in [3.05, 3.63) is 47.1 Å². The molecule has 0 aliphatic heterocycles. The fraction of sp³-hybridized carbons (Fsp3) is 0.214. The Bertz CT molecular complexity index is 824. The van der Waals surface area contributed by atoms with E-state index in [1.54, 1.807) is 0 Å². The van der Waals surface area contributed by atoms with Gasteiger partial charge < -0.3 is 5.32 Å². The van der Waals surface area contributed by atoms with Crippen LogP contribution in [0.15, 0.2) is 36.5 Å². The van der Waals surface area contributed by atoms with Gasteiger partial charge in [0.25, 0.3) is 0 Å². The van der Waals surface area contributed by atoms with E-state index in [-0.39, 0.29) is 28.0 Å². The SMILES string of the molecule is CCS(=O)(=O)Nc1ccc(Nc2cc(C(F)(F)F)ccc2Cl)nc1. The van der Waals surface area contributed by atoms with Crippen LogP contribution in [0.3, 0.4) is 0 Å². The van der Waals surface area contributed by atoms with Crippen molar-refractivity contribution in [3.63, 3.8) is 0 Å². The number of hydrogen-bond acceptors (Lipinski definition) is 4. The summed E-state index contributed by atoms with van der Waals surface area (Å²) < 4.78 is 63.4. The standard InChI is InChI=1S/C14H13ClF3N3O2S/c1-2-24(22,23)21-10-4-6-13(19-8-10)20-12-7-9(14(16,17)18)3-5-11(12)15/h3-8,21H,2H2,1H3,(H,19,20). The molecule has 2 N–H and O–H groups in total. The molecule has 130 valence electrons. The summed E-state index contributed by atoms with van der Waals surface area (Å²) in [5.41, 5.74) is -0.555. The summed E-state index contributed by atoms with van der Waals surface area (Å²) in [5.74, 6) is 0.128. The quantitative estimate of drug-likeness (QED) is 0.814. The number of alkyl halides is 3.